The van der Waals surface area contributed by atoms with Crippen molar-refractivity contribution in [1.82, 2.24) is 4.90 Å². The van der Waals surface area contributed by atoms with Crippen molar-refractivity contribution in [2.75, 3.05) is 26.3 Å². The number of amides is 1. The third-order valence-electron chi connectivity index (χ3n) is 2.65. The molecule has 0 bridgehead atoms. The summed E-state index contributed by atoms with van der Waals surface area (Å²) in [6.45, 7) is 5.93. The molecule has 1 aliphatic rings. The van der Waals surface area contributed by atoms with Gasteiger partial charge in [-0.3, -0.25) is 4.79 Å². The molecule has 1 saturated heterocycles. The van der Waals surface area contributed by atoms with Crippen LogP contribution in [0.25, 0.3) is 0 Å². The number of carbonyl (C=O) groups is 1. The number of likely N-dealkylation sites (tertiary alicyclic amines) is 1. The summed E-state index contributed by atoms with van der Waals surface area (Å²) in [5, 5.41) is 9.68. The molecule has 0 aromatic carbocycles. The Morgan fingerprint density at radius 2 is 2.14 bits per heavy atom. The monoisotopic (exact) mass is 201 g/mol. The first-order valence-electron chi connectivity index (χ1n) is 5.19. The van der Waals surface area contributed by atoms with Crippen LogP contribution in [-0.2, 0) is 9.53 Å². The Labute approximate surface area is 84.8 Å². The Bertz CT molecular complexity index is 200. The summed E-state index contributed by atoms with van der Waals surface area (Å²) in [6.07, 6.45) is 1.13. The van der Waals surface area contributed by atoms with E-state index in [1.54, 1.807) is 4.90 Å². The minimum atomic E-state index is -0.624. The maximum atomic E-state index is 11.4. The highest BCUT2D eigenvalue weighted by Gasteiger charge is 2.41. The Balaban J connectivity index is 2.16. The number of ether oxygens (including phenoxy) is 1. The summed E-state index contributed by atoms with van der Waals surface area (Å²) in [5.74, 6) is 0.0802. The second-order valence-corrected chi connectivity index (χ2v) is 3.77. The van der Waals surface area contributed by atoms with Gasteiger partial charge in [0.1, 0.15) is 0 Å². The first-order valence-corrected chi connectivity index (χ1v) is 5.19. The third kappa shape index (κ3) is 2.69. The zero-order valence-electron chi connectivity index (χ0n) is 8.95. The molecular weight excluding hydrogens is 182 g/mol. The van der Waals surface area contributed by atoms with Gasteiger partial charge in [-0.25, -0.2) is 0 Å². The standard InChI is InChI=1S/C10H19NO3/c1-3-10(13)7-11(8-10)9(12)5-6-14-4-2/h13H,3-8H2,1-2H3. The van der Waals surface area contributed by atoms with Crippen molar-refractivity contribution >= 4 is 5.91 Å². The third-order valence-corrected chi connectivity index (χ3v) is 2.65. The summed E-state index contributed by atoms with van der Waals surface area (Å²) < 4.78 is 5.09. The van der Waals surface area contributed by atoms with Crippen LogP contribution in [0.2, 0.25) is 0 Å². The van der Waals surface area contributed by atoms with E-state index in [0.717, 1.165) is 0 Å². The van der Waals surface area contributed by atoms with Gasteiger partial charge in [-0.15, -0.1) is 0 Å². The van der Waals surface area contributed by atoms with Crippen molar-refractivity contribution in [3.05, 3.63) is 0 Å². The number of rotatable bonds is 5. The molecule has 14 heavy (non-hydrogen) atoms. The van der Waals surface area contributed by atoms with Gasteiger partial charge in [0.25, 0.3) is 0 Å². The summed E-state index contributed by atoms with van der Waals surface area (Å²) in [7, 11) is 0. The van der Waals surface area contributed by atoms with Crippen LogP contribution in [-0.4, -0.2) is 47.8 Å². The SMILES string of the molecule is CCOCCC(=O)N1CC(O)(CC)C1. The average molecular weight is 201 g/mol. The maximum Gasteiger partial charge on any atom is 0.225 e. The smallest absolute Gasteiger partial charge is 0.225 e. The zero-order chi connectivity index (χ0) is 10.6. The summed E-state index contributed by atoms with van der Waals surface area (Å²) in [4.78, 5) is 13.1. The first-order chi connectivity index (χ1) is 6.61. The molecule has 1 amide bonds. The lowest BCUT2D eigenvalue weighted by Gasteiger charge is -2.46. The van der Waals surface area contributed by atoms with Crippen LogP contribution in [0.15, 0.2) is 0 Å². The number of nitrogens with zero attached hydrogens (tertiary/aromatic N) is 1. The van der Waals surface area contributed by atoms with Crippen molar-refractivity contribution < 1.29 is 14.6 Å². The topological polar surface area (TPSA) is 49.8 Å². The Morgan fingerprint density at radius 3 is 2.64 bits per heavy atom. The predicted molar refractivity (Wildman–Crippen MR) is 52.9 cm³/mol. The fourth-order valence-electron chi connectivity index (χ4n) is 1.53. The molecule has 0 unspecified atom stereocenters. The van der Waals surface area contributed by atoms with E-state index >= 15 is 0 Å². The van der Waals surface area contributed by atoms with Gasteiger partial charge >= 0.3 is 0 Å². The van der Waals surface area contributed by atoms with E-state index in [1.165, 1.54) is 0 Å². The molecule has 0 atom stereocenters. The quantitative estimate of drug-likeness (QED) is 0.655. The Morgan fingerprint density at radius 1 is 1.50 bits per heavy atom. The lowest BCUT2D eigenvalue weighted by atomic mass is 9.91. The molecule has 1 N–H and O–H groups in total. The highest BCUT2D eigenvalue weighted by atomic mass is 16.5. The molecule has 0 aliphatic carbocycles. The molecule has 0 saturated carbocycles. The lowest BCUT2D eigenvalue weighted by Crippen LogP contribution is -2.63. The highest BCUT2D eigenvalue weighted by Crippen LogP contribution is 2.24. The second-order valence-electron chi connectivity index (χ2n) is 3.77. The molecule has 82 valence electrons. The summed E-state index contributed by atoms with van der Waals surface area (Å²) in [6, 6.07) is 0. The van der Waals surface area contributed by atoms with Crippen LogP contribution in [0.3, 0.4) is 0 Å². The minimum absolute atomic E-state index is 0.0802. The molecule has 4 nitrogen and oxygen atoms in total. The fraction of sp³-hybridized carbons (Fsp3) is 0.900. The van der Waals surface area contributed by atoms with Gasteiger partial charge in [0.15, 0.2) is 0 Å². The van der Waals surface area contributed by atoms with Crippen LogP contribution in [0.5, 0.6) is 0 Å². The van der Waals surface area contributed by atoms with Crippen LogP contribution in [0.1, 0.15) is 26.7 Å². The lowest BCUT2D eigenvalue weighted by molar-refractivity contribution is -0.156. The number of hydrogen-bond donors (Lipinski definition) is 1. The molecule has 1 aliphatic heterocycles. The van der Waals surface area contributed by atoms with Crippen LogP contribution in [0.4, 0.5) is 0 Å². The van der Waals surface area contributed by atoms with Crippen molar-refractivity contribution in [3.8, 4) is 0 Å². The largest absolute Gasteiger partial charge is 0.386 e. The molecule has 1 heterocycles. The maximum absolute atomic E-state index is 11.4. The number of hydrogen-bond acceptors (Lipinski definition) is 3. The van der Waals surface area contributed by atoms with Crippen LogP contribution < -0.4 is 0 Å². The zero-order valence-corrected chi connectivity index (χ0v) is 8.95. The number of β-amino-alcohol motifs (C(OH)–C–C–N with tert-alkyl or cyclic N) is 1. The van der Waals surface area contributed by atoms with Gasteiger partial charge < -0.3 is 14.7 Å². The molecule has 1 fully saturated rings. The molecule has 0 radical (unpaired) electrons. The number of carbonyl (C=O) groups excluding carboxylic acids is 1. The van der Waals surface area contributed by atoms with E-state index in [2.05, 4.69) is 0 Å². The van der Waals surface area contributed by atoms with Crippen LogP contribution >= 0.6 is 0 Å². The summed E-state index contributed by atoms with van der Waals surface area (Å²) in [5.41, 5.74) is -0.624. The van der Waals surface area contributed by atoms with Gasteiger partial charge in [0, 0.05) is 6.61 Å². The van der Waals surface area contributed by atoms with Gasteiger partial charge in [0.2, 0.25) is 5.91 Å². The van der Waals surface area contributed by atoms with Gasteiger partial charge in [-0.1, -0.05) is 6.92 Å². The van der Waals surface area contributed by atoms with Gasteiger partial charge in [0.05, 0.1) is 31.7 Å². The van der Waals surface area contributed by atoms with E-state index in [4.69, 9.17) is 4.74 Å². The molecule has 0 aromatic heterocycles. The Hall–Kier alpha value is -0.610. The van der Waals surface area contributed by atoms with Crippen molar-refractivity contribution in [2.24, 2.45) is 0 Å². The van der Waals surface area contributed by atoms with E-state index in [0.29, 0.717) is 39.1 Å². The molecular formula is C10H19NO3. The second kappa shape index (κ2) is 4.75. The predicted octanol–water partition coefficient (Wildman–Crippen LogP) is 0.396. The van der Waals surface area contributed by atoms with Crippen LogP contribution in [0, 0.1) is 0 Å². The highest BCUT2D eigenvalue weighted by molar-refractivity contribution is 5.77. The average Bonchev–Trinajstić information content (AvgIpc) is 2.13. The van der Waals surface area contributed by atoms with Gasteiger partial charge in [-0.05, 0) is 13.3 Å². The molecule has 4 heteroatoms. The van der Waals surface area contributed by atoms with E-state index in [1.807, 2.05) is 13.8 Å². The fourth-order valence-corrected chi connectivity index (χ4v) is 1.53. The number of aliphatic hydroxyl groups is 1. The van der Waals surface area contributed by atoms with E-state index in [9.17, 15) is 9.90 Å². The summed E-state index contributed by atoms with van der Waals surface area (Å²) >= 11 is 0. The van der Waals surface area contributed by atoms with Crippen molar-refractivity contribution in [2.45, 2.75) is 32.3 Å². The molecule has 0 aromatic rings. The van der Waals surface area contributed by atoms with Crippen molar-refractivity contribution in [1.29, 1.82) is 0 Å². The Kier molecular flexibility index (Phi) is 3.89. The van der Waals surface area contributed by atoms with E-state index in [-0.39, 0.29) is 5.91 Å². The minimum Gasteiger partial charge on any atom is -0.386 e. The molecule has 1 rings (SSSR count). The van der Waals surface area contributed by atoms with Crippen molar-refractivity contribution in [3.63, 3.8) is 0 Å². The molecule has 0 spiro atoms. The first kappa shape index (κ1) is 11.5. The normalized spacial score (nSPS) is 19.2. The van der Waals surface area contributed by atoms with Gasteiger partial charge in [-0.2, -0.15) is 0 Å². The van der Waals surface area contributed by atoms with E-state index < -0.39 is 5.60 Å².